The minimum Gasteiger partial charge on any atom is -0.481 e. The van der Waals surface area contributed by atoms with Crippen LogP contribution in [0.2, 0.25) is 0 Å². The van der Waals surface area contributed by atoms with E-state index >= 15 is 0 Å². The normalized spacial score (nSPS) is 28.4. The van der Waals surface area contributed by atoms with E-state index in [1.54, 1.807) is 0 Å². The maximum Gasteiger partial charge on any atom is 0.303 e. The van der Waals surface area contributed by atoms with Gasteiger partial charge >= 0.3 is 5.97 Å². The highest BCUT2D eigenvalue weighted by atomic mass is 16.7. The van der Waals surface area contributed by atoms with Crippen molar-refractivity contribution in [3.8, 4) is 0 Å². The van der Waals surface area contributed by atoms with Gasteiger partial charge in [0.25, 0.3) is 0 Å². The van der Waals surface area contributed by atoms with E-state index in [2.05, 4.69) is 10.4 Å². The third-order valence-electron chi connectivity index (χ3n) is 3.45. The molecule has 0 aromatic rings. The molecular weight excluding hydrogens is 208 g/mol. The number of nitrogens with zero attached hydrogens (tertiary/aromatic N) is 1. The smallest absolute Gasteiger partial charge is 0.303 e. The van der Waals surface area contributed by atoms with Gasteiger partial charge in [-0.3, -0.25) is 9.63 Å². The number of likely N-dealkylation sites (tertiary alicyclic amines) is 1. The zero-order chi connectivity index (χ0) is 11.4. The highest BCUT2D eigenvalue weighted by Gasteiger charge is 2.24. The van der Waals surface area contributed by atoms with Crippen molar-refractivity contribution in [1.29, 1.82) is 0 Å². The van der Waals surface area contributed by atoms with E-state index in [9.17, 15) is 4.79 Å². The summed E-state index contributed by atoms with van der Waals surface area (Å²) in [4.78, 5) is 18.3. The molecule has 0 aliphatic carbocycles. The Labute approximate surface area is 95.7 Å². The molecule has 2 heterocycles. The summed E-state index contributed by atoms with van der Waals surface area (Å²) < 4.78 is 0. The summed E-state index contributed by atoms with van der Waals surface area (Å²) in [5.74, 6) is -0.293. The Bertz CT molecular complexity index is 233. The first-order valence-corrected chi connectivity index (χ1v) is 6.06. The molecule has 2 saturated heterocycles. The maximum absolute atomic E-state index is 10.6. The van der Waals surface area contributed by atoms with Crippen LogP contribution in [-0.2, 0) is 9.63 Å². The van der Waals surface area contributed by atoms with Crippen molar-refractivity contribution in [2.45, 2.75) is 31.8 Å². The third kappa shape index (κ3) is 3.43. The van der Waals surface area contributed by atoms with Gasteiger partial charge in [-0.25, -0.2) is 5.48 Å². The Morgan fingerprint density at radius 1 is 1.38 bits per heavy atom. The summed E-state index contributed by atoms with van der Waals surface area (Å²) in [5.41, 5.74) is 2.89. The molecular formula is C11H20N2O3. The fourth-order valence-corrected chi connectivity index (χ4v) is 2.49. The predicted octanol–water partition coefficient (Wildman–Crippen LogP) is 0.467. The molecule has 0 radical (unpaired) electrons. The molecule has 2 N–H and O–H groups in total. The molecule has 1 atom stereocenters. The van der Waals surface area contributed by atoms with Gasteiger partial charge in [-0.15, -0.1) is 0 Å². The number of hydroxylamine groups is 1. The Morgan fingerprint density at radius 3 is 2.69 bits per heavy atom. The molecule has 0 amide bonds. The fraction of sp³-hybridized carbons (Fsp3) is 0.909. The zero-order valence-electron chi connectivity index (χ0n) is 9.52. The van der Waals surface area contributed by atoms with Crippen molar-refractivity contribution in [3.05, 3.63) is 0 Å². The Balaban J connectivity index is 1.66. The van der Waals surface area contributed by atoms with Gasteiger partial charge in [0.2, 0.25) is 0 Å². The summed E-state index contributed by atoms with van der Waals surface area (Å²) in [6.45, 7) is 3.95. The minimum absolute atomic E-state index is 0.316. The average molecular weight is 228 g/mol. The lowest BCUT2D eigenvalue weighted by atomic mass is 9.93. The van der Waals surface area contributed by atoms with Crippen LogP contribution in [-0.4, -0.2) is 48.3 Å². The molecule has 2 rings (SSSR count). The van der Waals surface area contributed by atoms with Crippen LogP contribution in [0.4, 0.5) is 0 Å². The lowest BCUT2D eigenvalue weighted by Crippen LogP contribution is -2.39. The van der Waals surface area contributed by atoms with Crippen molar-refractivity contribution in [1.82, 2.24) is 10.4 Å². The molecule has 0 aromatic carbocycles. The molecule has 0 saturated carbocycles. The quantitative estimate of drug-likeness (QED) is 0.732. The molecule has 16 heavy (non-hydrogen) atoms. The monoisotopic (exact) mass is 228 g/mol. The Hall–Kier alpha value is -0.650. The van der Waals surface area contributed by atoms with Crippen molar-refractivity contribution < 1.29 is 14.7 Å². The van der Waals surface area contributed by atoms with Crippen LogP contribution in [0.3, 0.4) is 0 Å². The van der Waals surface area contributed by atoms with E-state index < -0.39 is 5.97 Å². The van der Waals surface area contributed by atoms with E-state index in [-0.39, 0.29) is 0 Å². The molecule has 2 aliphatic rings. The number of rotatable bonds is 4. The van der Waals surface area contributed by atoms with Gasteiger partial charge < -0.3 is 10.0 Å². The second kappa shape index (κ2) is 5.61. The van der Waals surface area contributed by atoms with E-state index in [1.807, 2.05) is 0 Å². The molecule has 1 unspecified atom stereocenters. The van der Waals surface area contributed by atoms with E-state index in [0.717, 1.165) is 45.4 Å². The van der Waals surface area contributed by atoms with E-state index in [4.69, 9.17) is 9.94 Å². The van der Waals surface area contributed by atoms with Crippen LogP contribution in [0.5, 0.6) is 0 Å². The summed E-state index contributed by atoms with van der Waals surface area (Å²) in [5, 5.41) is 8.72. The first kappa shape index (κ1) is 11.8. The van der Waals surface area contributed by atoms with Crippen molar-refractivity contribution in [3.63, 3.8) is 0 Å². The Kier molecular flexibility index (Phi) is 4.15. The van der Waals surface area contributed by atoms with Gasteiger partial charge in [0, 0.05) is 19.5 Å². The fourth-order valence-electron chi connectivity index (χ4n) is 2.49. The minimum atomic E-state index is -0.665. The first-order valence-electron chi connectivity index (χ1n) is 6.06. The lowest BCUT2D eigenvalue weighted by molar-refractivity contribution is -0.138. The van der Waals surface area contributed by atoms with Gasteiger partial charge in [0.05, 0.1) is 6.10 Å². The number of carboxylic acids is 1. The summed E-state index contributed by atoms with van der Waals surface area (Å²) >= 11 is 0. The van der Waals surface area contributed by atoms with Crippen LogP contribution in [0.25, 0.3) is 0 Å². The number of hydrogen-bond donors (Lipinski definition) is 2. The number of carboxylic acid groups (broad SMARTS) is 1. The second-order valence-corrected chi connectivity index (χ2v) is 4.76. The number of piperidine rings is 1. The molecule has 92 valence electrons. The van der Waals surface area contributed by atoms with Gasteiger partial charge in [-0.2, -0.15) is 0 Å². The van der Waals surface area contributed by atoms with Gasteiger partial charge in [-0.05, 0) is 38.3 Å². The number of hydrogen-bond acceptors (Lipinski definition) is 4. The summed E-state index contributed by atoms with van der Waals surface area (Å²) in [7, 11) is 0. The van der Waals surface area contributed by atoms with E-state index in [1.165, 1.54) is 0 Å². The summed E-state index contributed by atoms with van der Waals surface area (Å²) in [6, 6.07) is 0. The van der Waals surface area contributed by atoms with E-state index in [0.29, 0.717) is 18.4 Å². The van der Waals surface area contributed by atoms with Crippen molar-refractivity contribution in [2.75, 3.05) is 26.2 Å². The SMILES string of the molecule is O=C(O)CC1CCN(CC2CCNO2)CC1. The number of nitrogens with one attached hydrogen (secondary N) is 1. The lowest BCUT2D eigenvalue weighted by Gasteiger charge is -2.32. The molecule has 0 aromatic heterocycles. The first-order chi connectivity index (χ1) is 7.74. The third-order valence-corrected chi connectivity index (χ3v) is 3.45. The predicted molar refractivity (Wildman–Crippen MR) is 58.9 cm³/mol. The molecule has 0 spiro atoms. The van der Waals surface area contributed by atoms with Crippen molar-refractivity contribution >= 4 is 5.97 Å². The van der Waals surface area contributed by atoms with Crippen LogP contribution in [0.15, 0.2) is 0 Å². The number of carbonyl (C=O) groups is 1. The Morgan fingerprint density at radius 2 is 2.12 bits per heavy atom. The zero-order valence-corrected chi connectivity index (χ0v) is 9.52. The van der Waals surface area contributed by atoms with Crippen molar-refractivity contribution in [2.24, 2.45) is 5.92 Å². The molecule has 2 aliphatic heterocycles. The van der Waals surface area contributed by atoms with Gasteiger partial charge in [-0.1, -0.05) is 0 Å². The maximum atomic E-state index is 10.6. The average Bonchev–Trinajstić information content (AvgIpc) is 2.73. The van der Waals surface area contributed by atoms with Crippen LogP contribution < -0.4 is 5.48 Å². The van der Waals surface area contributed by atoms with Crippen LogP contribution >= 0.6 is 0 Å². The van der Waals surface area contributed by atoms with Gasteiger partial charge in [0.15, 0.2) is 0 Å². The second-order valence-electron chi connectivity index (χ2n) is 4.76. The topological polar surface area (TPSA) is 61.8 Å². The molecule has 5 nitrogen and oxygen atoms in total. The molecule has 2 fully saturated rings. The highest BCUT2D eigenvalue weighted by molar-refractivity contribution is 5.67. The molecule has 5 heteroatoms. The summed E-state index contributed by atoms with van der Waals surface area (Å²) in [6.07, 6.45) is 3.74. The number of aliphatic carboxylic acids is 1. The van der Waals surface area contributed by atoms with Gasteiger partial charge in [0.1, 0.15) is 0 Å². The molecule has 0 bridgehead atoms. The standard InChI is InChI=1S/C11H20N2O3/c14-11(15)7-9-2-5-13(6-3-9)8-10-1-4-12-16-10/h9-10,12H,1-8H2,(H,14,15). The largest absolute Gasteiger partial charge is 0.481 e. The van der Waals surface area contributed by atoms with Crippen LogP contribution in [0, 0.1) is 5.92 Å². The van der Waals surface area contributed by atoms with Crippen LogP contribution in [0.1, 0.15) is 25.7 Å². The highest BCUT2D eigenvalue weighted by Crippen LogP contribution is 2.21.